The van der Waals surface area contributed by atoms with Crippen molar-refractivity contribution in [3.05, 3.63) is 22.7 Å². The number of rotatable bonds is 1. The summed E-state index contributed by atoms with van der Waals surface area (Å²) >= 11 is 5.21. The summed E-state index contributed by atoms with van der Waals surface area (Å²) in [6.45, 7) is 1.89. The Morgan fingerprint density at radius 3 is 2.89 bits per heavy atom. The third-order valence-electron chi connectivity index (χ3n) is 3.29. The van der Waals surface area contributed by atoms with Crippen molar-refractivity contribution in [1.82, 2.24) is 4.98 Å². The molecule has 2 heterocycles. The van der Waals surface area contributed by atoms with Crippen LogP contribution in [0.5, 0.6) is 0 Å². The van der Waals surface area contributed by atoms with E-state index in [1.54, 1.807) is 11.3 Å². The molecule has 18 heavy (non-hydrogen) atoms. The lowest BCUT2D eigenvalue weighted by Gasteiger charge is -2.28. The number of halogens is 1. The molecule has 0 spiro atoms. The van der Waals surface area contributed by atoms with Gasteiger partial charge in [0.1, 0.15) is 0 Å². The third kappa shape index (κ3) is 2.23. The Labute approximate surface area is 118 Å². The average Bonchev–Trinajstić information content (AvgIpc) is 2.81. The van der Waals surface area contributed by atoms with Crippen LogP contribution >= 0.6 is 27.3 Å². The molecule has 3 nitrogen and oxygen atoms in total. The summed E-state index contributed by atoms with van der Waals surface area (Å²) in [7, 11) is 0. The Kier molecular flexibility index (Phi) is 3.23. The first-order chi connectivity index (χ1) is 8.76. The van der Waals surface area contributed by atoms with Gasteiger partial charge in [-0.25, -0.2) is 4.98 Å². The highest BCUT2D eigenvalue weighted by Crippen LogP contribution is 2.32. The molecule has 0 bridgehead atoms. The fourth-order valence-electron chi connectivity index (χ4n) is 2.22. The Hall–Kier alpha value is -1.12. The maximum atomic E-state index is 8.91. The molecule has 0 radical (unpaired) electrons. The minimum atomic E-state index is 0.227. The minimum Gasteiger partial charge on any atom is -0.348 e. The number of anilines is 1. The average molecular weight is 322 g/mol. The Bertz CT molecular complexity index is 608. The van der Waals surface area contributed by atoms with E-state index >= 15 is 0 Å². The zero-order valence-electron chi connectivity index (χ0n) is 9.77. The summed E-state index contributed by atoms with van der Waals surface area (Å²) in [5.41, 5.74) is 1.06. The quantitative estimate of drug-likeness (QED) is 0.802. The van der Waals surface area contributed by atoms with E-state index in [1.165, 1.54) is 4.70 Å². The third-order valence-corrected chi connectivity index (χ3v) is 4.86. The number of thiazole rings is 1. The van der Waals surface area contributed by atoms with Crippen molar-refractivity contribution >= 4 is 42.6 Å². The van der Waals surface area contributed by atoms with Crippen molar-refractivity contribution in [3.63, 3.8) is 0 Å². The summed E-state index contributed by atoms with van der Waals surface area (Å²) in [6, 6.07) is 8.53. The molecule has 0 N–H and O–H groups in total. The number of piperidine rings is 1. The standard InChI is InChI=1S/C13H12BrN3S/c14-10-1-2-11-12(7-10)18-13(16-11)17-5-3-9(8-15)4-6-17/h1-2,7,9H,3-6H2. The van der Waals surface area contributed by atoms with Crippen LogP contribution in [0.15, 0.2) is 22.7 Å². The summed E-state index contributed by atoms with van der Waals surface area (Å²) in [5, 5.41) is 9.99. The molecular formula is C13H12BrN3S. The van der Waals surface area contributed by atoms with E-state index in [1.807, 2.05) is 12.1 Å². The van der Waals surface area contributed by atoms with Crippen LogP contribution in [0.1, 0.15) is 12.8 Å². The van der Waals surface area contributed by atoms with Crippen LogP contribution in [0.4, 0.5) is 5.13 Å². The predicted octanol–water partition coefficient (Wildman–Crippen LogP) is 3.80. The Morgan fingerprint density at radius 1 is 1.39 bits per heavy atom. The molecule has 0 aliphatic carbocycles. The van der Waals surface area contributed by atoms with Gasteiger partial charge in [0, 0.05) is 23.5 Å². The van der Waals surface area contributed by atoms with Crippen LogP contribution in [0.25, 0.3) is 10.2 Å². The number of benzene rings is 1. The molecule has 1 saturated heterocycles. The van der Waals surface area contributed by atoms with Gasteiger partial charge < -0.3 is 4.90 Å². The molecule has 3 rings (SSSR count). The van der Waals surface area contributed by atoms with Gasteiger partial charge in [0.05, 0.1) is 16.3 Å². The maximum absolute atomic E-state index is 8.91. The SMILES string of the molecule is N#CC1CCN(c2nc3ccc(Br)cc3s2)CC1. The van der Waals surface area contributed by atoms with Gasteiger partial charge >= 0.3 is 0 Å². The fraction of sp³-hybridized carbons (Fsp3) is 0.385. The lowest BCUT2D eigenvalue weighted by atomic mass is 9.99. The van der Waals surface area contributed by atoms with Gasteiger partial charge in [-0.2, -0.15) is 5.26 Å². The summed E-state index contributed by atoms with van der Waals surface area (Å²) in [6.07, 6.45) is 1.91. The van der Waals surface area contributed by atoms with Gasteiger partial charge in [-0.3, -0.25) is 0 Å². The predicted molar refractivity (Wildman–Crippen MR) is 77.9 cm³/mol. The first kappa shape index (κ1) is 11.9. The first-order valence-electron chi connectivity index (χ1n) is 5.97. The zero-order valence-corrected chi connectivity index (χ0v) is 12.2. The van der Waals surface area contributed by atoms with E-state index in [-0.39, 0.29) is 5.92 Å². The largest absolute Gasteiger partial charge is 0.348 e. The molecule has 1 aromatic carbocycles. The van der Waals surface area contributed by atoms with E-state index in [9.17, 15) is 0 Å². The molecule has 2 aromatic rings. The van der Waals surface area contributed by atoms with Gasteiger partial charge in [0.2, 0.25) is 0 Å². The molecule has 92 valence electrons. The number of nitriles is 1. The smallest absolute Gasteiger partial charge is 0.186 e. The van der Waals surface area contributed by atoms with Crippen molar-refractivity contribution in [2.75, 3.05) is 18.0 Å². The Balaban J connectivity index is 1.85. The highest BCUT2D eigenvalue weighted by molar-refractivity contribution is 9.10. The van der Waals surface area contributed by atoms with E-state index in [0.29, 0.717) is 0 Å². The normalized spacial score (nSPS) is 17.0. The maximum Gasteiger partial charge on any atom is 0.186 e. The second-order valence-corrected chi connectivity index (χ2v) is 6.42. The summed E-state index contributed by atoms with van der Waals surface area (Å²) in [4.78, 5) is 6.97. The van der Waals surface area contributed by atoms with Crippen LogP contribution in [0.2, 0.25) is 0 Å². The van der Waals surface area contributed by atoms with Crippen LogP contribution in [-0.4, -0.2) is 18.1 Å². The van der Waals surface area contributed by atoms with Gasteiger partial charge in [0.15, 0.2) is 5.13 Å². The molecule has 1 aliphatic rings. The second-order valence-electron chi connectivity index (χ2n) is 4.50. The number of aromatic nitrogens is 1. The van der Waals surface area contributed by atoms with Crippen molar-refractivity contribution in [2.24, 2.45) is 5.92 Å². The van der Waals surface area contributed by atoms with Crippen molar-refractivity contribution < 1.29 is 0 Å². The van der Waals surface area contributed by atoms with Crippen LogP contribution in [0.3, 0.4) is 0 Å². The number of fused-ring (bicyclic) bond motifs is 1. The number of nitrogens with zero attached hydrogens (tertiary/aromatic N) is 3. The van der Waals surface area contributed by atoms with Crippen molar-refractivity contribution in [1.29, 1.82) is 5.26 Å². The lowest BCUT2D eigenvalue weighted by molar-refractivity contribution is 0.487. The van der Waals surface area contributed by atoms with Gasteiger partial charge in [-0.1, -0.05) is 27.3 Å². The minimum absolute atomic E-state index is 0.227. The van der Waals surface area contributed by atoms with E-state index in [0.717, 1.165) is 41.1 Å². The Morgan fingerprint density at radius 2 is 2.17 bits per heavy atom. The number of hydrogen-bond donors (Lipinski definition) is 0. The monoisotopic (exact) mass is 321 g/mol. The fourth-order valence-corrected chi connectivity index (χ4v) is 3.79. The van der Waals surface area contributed by atoms with E-state index in [4.69, 9.17) is 5.26 Å². The second kappa shape index (κ2) is 4.87. The molecule has 1 fully saturated rings. The van der Waals surface area contributed by atoms with E-state index in [2.05, 4.69) is 37.9 Å². The molecular weight excluding hydrogens is 310 g/mol. The first-order valence-corrected chi connectivity index (χ1v) is 7.58. The molecule has 1 aliphatic heterocycles. The van der Waals surface area contributed by atoms with Crippen LogP contribution in [0, 0.1) is 17.2 Å². The molecule has 1 aromatic heterocycles. The summed E-state index contributed by atoms with van der Waals surface area (Å²) in [5.74, 6) is 0.227. The molecule has 0 atom stereocenters. The van der Waals surface area contributed by atoms with Gasteiger partial charge in [-0.05, 0) is 31.0 Å². The number of hydrogen-bond acceptors (Lipinski definition) is 4. The molecule has 5 heteroatoms. The molecule has 0 unspecified atom stereocenters. The lowest BCUT2D eigenvalue weighted by Crippen LogP contribution is -2.33. The van der Waals surface area contributed by atoms with Crippen molar-refractivity contribution in [3.8, 4) is 6.07 Å². The van der Waals surface area contributed by atoms with Crippen LogP contribution < -0.4 is 4.90 Å². The van der Waals surface area contributed by atoms with Crippen LogP contribution in [-0.2, 0) is 0 Å². The highest BCUT2D eigenvalue weighted by atomic mass is 79.9. The van der Waals surface area contributed by atoms with Crippen molar-refractivity contribution in [2.45, 2.75) is 12.8 Å². The zero-order chi connectivity index (χ0) is 12.5. The van der Waals surface area contributed by atoms with Gasteiger partial charge in [0.25, 0.3) is 0 Å². The molecule has 0 saturated carbocycles. The van der Waals surface area contributed by atoms with E-state index < -0.39 is 0 Å². The van der Waals surface area contributed by atoms with Gasteiger partial charge in [-0.15, -0.1) is 0 Å². The summed E-state index contributed by atoms with van der Waals surface area (Å²) < 4.78 is 2.30. The molecule has 0 amide bonds. The topological polar surface area (TPSA) is 39.9 Å². The highest BCUT2D eigenvalue weighted by Gasteiger charge is 2.21.